The highest BCUT2D eigenvalue weighted by atomic mass is 35.5. The summed E-state index contributed by atoms with van der Waals surface area (Å²) in [4.78, 5) is 12.3. The lowest BCUT2D eigenvalue weighted by Crippen LogP contribution is -2.21. The second-order valence-corrected chi connectivity index (χ2v) is 5.55. The molecule has 0 saturated carbocycles. The van der Waals surface area contributed by atoms with Crippen molar-refractivity contribution in [3.63, 3.8) is 0 Å². The van der Waals surface area contributed by atoms with Crippen LogP contribution in [0.3, 0.4) is 0 Å². The van der Waals surface area contributed by atoms with Crippen molar-refractivity contribution in [3.05, 3.63) is 57.6 Å². The summed E-state index contributed by atoms with van der Waals surface area (Å²) in [6.07, 6.45) is -0.277. The van der Waals surface area contributed by atoms with E-state index in [9.17, 15) is 4.79 Å². The first kappa shape index (κ1) is 14.2. The largest absolute Gasteiger partial charge is 0.497 e. The molecule has 3 rings (SSSR count). The lowest BCUT2D eigenvalue weighted by molar-refractivity contribution is 0.0850. The second-order valence-electron chi connectivity index (χ2n) is 4.73. The number of ketones is 1. The van der Waals surface area contributed by atoms with E-state index in [0.29, 0.717) is 32.7 Å². The normalized spacial score (nSPS) is 17.1. The molecule has 0 N–H and O–H groups in total. The molecule has 3 nitrogen and oxygen atoms in total. The van der Waals surface area contributed by atoms with Crippen LogP contribution in [0.5, 0.6) is 11.5 Å². The number of carbonyl (C=O) groups excluding carboxylic acids is 1. The first-order chi connectivity index (χ1) is 10.1. The topological polar surface area (TPSA) is 35.5 Å². The van der Waals surface area contributed by atoms with E-state index < -0.39 is 6.10 Å². The van der Waals surface area contributed by atoms with Crippen LogP contribution in [0.1, 0.15) is 28.4 Å². The highest BCUT2D eigenvalue weighted by Crippen LogP contribution is 2.41. The third-order valence-corrected chi connectivity index (χ3v) is 4.11. The lowest BCUT2D eigenvalue weighted by Gasteiger charge is -2.27. The molecule has 0 spiro atoms. The summed E-state index contributed by atoms with van der Waals surface area (Å²) in [6.45, 7) is 0. The van der Waals surface area contributed by atoms with Crippen molar-refractivity contribution in [1.82, 2.24) is 0 Å². The average Bonchev–Trinajstić information content (AvgIpc) is 2.46. The Morgan fingerprint density at radius 1 is 1.19 bits per heavy atom. The number of Topliss-reactive ketones (excluding diaryl/α,β-unsaturated/α-hetero) is 1. The van der Waals surface area contributed by atoms with Crippen LogP contribution in [-0.2, 0) is 0 Å². The third-order valence-electron chi connectivity index (χ3n) is 3.45. The van der Waals surface area contributed by atoms with Gasteiger partial charge in [-0.05, 0) is 24.3 Å². The van der Waals surface area contributed by atoms with Crippen molar-refractivity contribution < 1.29 is 14.3 Å². The van der Waals surface area contributed by atoms with Gasteiger partial charge in [0.05, 0.1) is 19.1 Å². The van der Waals surface area contributed by atoms with Gasteiger partial charge in [-0.1, -0.05) is 29.3 Å². The van der Waals surface area contributed by atoms with Crippen molar-refractivity contribution in [2.75, 3.05) is 7.11 Å². The van der Waals surface area contributed by atoms with E-state index in [1.165, 1.54) is 0 Å². The fourth-order valence-corrected chi connectivity index (χ4v) is 3.05. The molecule has 1 heterocycles. The number of halogens is 2. The molecule has 1 unspecified atom stereocenters. The molecule has 0 fully saturated rings. The maximum absolute atomic E-state index is 12.3. The van der Waals surface area contributed by atoms with Gasteiger partial charge in [-0.2, -0.15) is 0 Å². The minimum atomic E-state index is -0.488. The molecule has 108 valence electrons. The van der Waals surface area contributed by atoms with Crippen molar-refractivity contribution in [3.8, 4) is 11.5 Å². The zero-order chi connectivity index (χ0) is 15.0. The number of benzene rings is 2. The van der Waals surface area contributed by atoms with Crippen LogP contribution in [0.2, 0.25) is 10.0 Å². The predicted octanol–water partition coefficient (Wildman–Crippen LogP) is 4.71. The van der Waals surface area contributed by atoms with Gasteiger partial charge in [0.1, 0.15) is 17.6 Å². The summed E-state index contributed by atoms with van der Waals surface area (Å²) in [7, 11) is 1.56. The Labute approximate surface area is 132 Å². The number of ether oxygens (including phenoxy) is 2. The van der Waals surface area contributed by atoms with Crippen molar-refractivity contribution in [1.29, 1.82) is 0 Å². The number of hydrogen-bond acceptors (Lipinski definition) is 3. The van der Waals surface area contributed by atoms with Gasteiger partial charge < -0.3 is 9.47 Å². The summed E-state index contributed by atoms with van der Waals surface area (Å²) < 4.78 is 11.1. The Balaban J connectivity index is 2.03. The number of rotatable bonds is 2. The van der Waals surface area contributed by atoms with Crippen molar-refractivity contribution >= 4 is 29.0 Å². The first-order valence-corrected chi connectivity index (χ1v) is 7.17. The van der Waals surface area contributed by atoms with Gasteiger partial charge in [0, 0.05) is 21.7 Å². The fraction of sp³-hybridized carbons (Fsp3) is 0.188. The zero-order valence-corrected chi connectivity index (χ0v) is 12.7. The Bertz CT molecular complexity index is 692. The maximum atomic E-state index is 12.3. The molecule has 0 radical (unpaired) electrons. The molecule has 1 aliphatic rings. The molecule has 0 saturated heterocycles. The fourth-order valence-electron chi connectivity index (χ4n) is 2.41. The van der Waals surface area contributed by atoms with Crippen LogP contribution in [0.25, 0.3) is 0 Å². The highest BCUT2D eigenvalue weighted by Gasteiger charge is 2.30. The summed E-state index contributed by atoms with van der Waals surface area (Å²) in [5.41, 5.74) is 1.19. The van der Waals surface area contributed by atoms with Crippen LogP contribution < -0.4 is 9.47 Å². The molecule has 0 bridgehead atoms. The number of fused-ring (bicyclic) bond motifs is 1. The molecular weight excluding hydrogens is 311 g/mol. The van der Waals surface area contributed by atoms with Crippen molar-refractivity contribution in [2.24, 2.45) is 0 Å². The molecule has 5 heteroatoms. The SMILES string of the molecule is COc1ccc2c(c1)OC(c1c(Cl)cccc1Cl)CC2=O. The highest BCUT2D eigenvalue weighted by molar-refractivity contribution is 6.36. The van der Waals surface area contributed by atoms with Gasteiger partial charge in [0.15, 0.2) is 5.78 Å². The van der Waals surface area contributed by atoms with Crippen molar-refractivity contribution in [2.45, 2.75) is 12.5 Å². The van der Waals surface area contributed by atoms with E-state index in [0.717, 1.165) is 0 Å². The maximum Gasteiger partial charge on any atom is 0.170 e. The molecule has 21 heavy (non-hydrogen) atoms. The predicted molar refractivity (Wildman–Crippen MR) is 81.8 cm³/mol. The number of carbonyl (C=O) groups is 1. The summed E-state index contributed by atoms with van der Waals surface area (Å²) in [5.74, 6) is 1.12. The van der Waals surface area contributed by atoms with E-state index in [1.54, 1.807) is 43.5 Å². The lowest BCUT2D eigenvalue weighted by atomic mass is 9.96. The van der Waals surface area contributed by atoms with Gasteiger partial charge in [-0.25, -0.2) is 0 Å². The zero-order valence-electron chi connectivity index (χ0n) is 11.2. The monoisotopic (exact) mass is 322 g/mol. The van der Waals surface area contributed by atoms with Crippen LogP contribution in [0.4, 0.5) is 0 Å². The molecule has 0 aromatic heterocycles. The first-order valence-electron chi connectivity index (χ1n) is 6.42. The van der Waals surface area contributed by atoms with Gasteiger partial charge in [-0.3, -0.25) is 4.79 Å². The Kier molecular flexibility index (Phi) is 3.79. The second kappa shape index (κ2) is 5.58. The van der Waals surface area contributed by atoms with Gasteiger partial charge in [0.2, 0.25) is 0 Å². The van der Waals surface area contributed by atoms with Crippen LogP contribution in [-0.4, -0.2) is 12.9 Å². The van der Waals surface area contributed by atoms with E-state index >= 15 is 0 Å². The van der Waals surface area contributed by atoms with Crippen LogP contribution >= 0.6 is 23.2 Å². The molecule has 2 aromatic rings. The molecule has 0 amide bonds. The third kappa shape index (κ3) is 2.59. The Morgan fingerprint density at radius 3 is 2.57 bits per heavy atom. The van der Waals surface area contributed by atoms with Gasteiger partial charge in [-0.15, -0.1) is 0 Å². The minimum Gasteiger partial charge on any atom is -0.497 e. The Hall–Kier alpha value is -1.71. The average molecular weight is 323 g/mol. The molecule has 1 aliphatic heterocycles. The summed E-state index contributed by atoms with van der Waals surface area (Å²) in [6, 6.07) is 10.4. The molecule has 2 aromatic carbocycles. The standard InChI is InChI=1S/C16H12Cl2O3/c1-20-9-5-6-10-13(19)8-15(21-14(10)7-9)16-11(17)3-2-4-12(16)18/h2-7,15H,8H2,1H3. The molecular formula is C16H12Cl2O3. The minimum absolute atomic E-state index is 0.000102. The number of hydrogen-bond donors (Lipinski definition) is 0. The Morgan fingerprint density at radius 2 is 1.90 bits per heavy atom. The van der Waals surface area contributed by atoms with Gasteiger partial charge in [0.25, 0.3) is 0 Å². The molecule has 1 atom stereocenters. The smallest absolute Gasteiger partial charge is 0.170 e. The summed E-state index contributed by atoms with van der Waals surface area (Å²) in [5, 5.41) is 0.985. The summed E-state index contributed by atoms with van der Waals surface area (Å²) >= 11 is 12.4. The van der Waals surface area contributed by atoms with E-state index in [-0.39, 0.29) is 12.2 Å². The number of methoxy groups -OCH3 is 1. The van der Waals surface area contributed by atoms with E-state index in [4.69, 9.17) is 32.7 Å². The van der Waals surface area contributed by atoms with Crippen LogP contribution in [0, 0.1) is 0 Å². The van der Waals surface area contributed by atoms with Crippen LogP contribution in [0.15, 0.2) is 36.4 Å². The molecule has 0 aliphatic carbocycles. The van der Waals surface area contributed by atoms with Gasteiger partial charge >= 0.3 is 0 Å². The van der Waals surface area contributed by atoms with E-state index in [2.05, 4.69) is 0 Å². The quantitative estimate of drug-likeness (QED) is 0.803. The van der Waals surface area contributed by atoms with E-state index in [1.807, 2.05) is 0 Å².